The Morgan fingerprint density at radius 2 is 2.17 bits per heavy atom. The van der Waals surface area contributed by atoms with Gasteiger partial charge in [-0.3, -0.25) is 14.5 Å². The topological polar surface area (TPSA) is 81.0 Å². The maximum absolute atomic E-state index is 12.7. The number of hydrogen-bond acceptors (Lipinski definition) is 6. The lowest BCUT2D eigenvalue weighted by Gasteiger charge is -2.59. The van der Waals surface area contributed by atoms with Crippen LogP contribution in [0.3, 0.4) is 0 Å². The number of methoxy groups -OCH3 is 1. The van der Waals surface area contributed by atoms with Crippen LogP contribution in [-0.2, 0) is 19.7 Å². The zero-order chi connectivity index (χ0) is 24.9. The van der Waals surface area contributed by atoms with Crippen molar-refractivity contribution in [2.24, 2.45) is 0 Å². The van der Waals surface area contributed by atoms with Gasteiger partial charge in [-0.25, -0.2) is 0 Å². The second-order valence-corrected chi connectivity index (χ2v) is 9.51. The van der Waals surface area contributed by atoms with Gasteiger partial charge in [0.15, 0.2) is 0 Å². The molecule has 2 aliphatic rings. The van der Waals surface area contributed by atoms with E-state index in [1.807, 2.05) is 24.3 Å². The van der Waals surface area contributed by atoms with Crippen molar-refractivity contribution < 1.29 is 23.5 Å². The summed E-state index contributed by atoms with van der Waals surface area (Å²) in [5.41, 5.74) is 0.736. The SMILES string of the molecule is C=CCN1CC[C@@]2(c3cccc(OC)c3)C[C@@H](NC(=O)C=Cc3ccoc3)CC[C@]2(OC(C)=O)C1. The molecule has 1 amide bonds. The maximum Gasteiger partial charge on any atom is 0.303 e. The predicted octanol–water partition coefficient (Wildman–Crippen LogP) is 4.10. The van der Waals surface area contributed by atoms with E-state index in [0.717, 1.165) is 36.4 Å². The Morgan fingerprint density at radius 1 is 1.31 bits per heavy atom. The molecule has 2 aromatic rings. The van der Waals surface area contributed by atoms with Gasteiger partial charge in [-0.2, -0.15) is 0 Å². The number of ether oxygens (including phenoxy) is 2. The van der Waals surface area contributed by atoms with Crippen LogP contribution in [0.25, 0.3) is 6.08 Å². The number of piperidine rings is 1. The molecule has 7 nitrogen and oxygen atoms in total. The molecule has 1 N–H and O–H groups in total. The van der Waals surface area contributed by atoms with E-state index in [1.165, 1.54) is 13.0 Å². The molecule has 0 radical (unpaired) electrons. The predicted molar refractivity (Wildman–Crippen MR) is 134 cm³/mol. The average molecular weight is 479 g/mol. The van der Waals surface area contributed by atoms with Gasteiger partial charge in [0, 0.05) is 43.1 Å². The average Bonchev–Trinajstić information content (AvgIpc) is 3.37. The van der Waals surface area contributed by atoms with Gasteiger partial charge in [-0.15, -0.1) is 6.58 Å². The third-order valence-corrected chi connectivity index (χ3v) is 7.36. The Bertz CT molecular complexity index is 1080. The molecule has 1 aliphatic heterocycles. The minimum absolute atomic E-state index is 0.0580. The molecular weight excluding hydrogens is 444 g/mol. The van der Waals surface area contributed by atoms with E-state index in [9.17, 15) is 9.59 Å². The van der Waals surface area contributed by atoms with Crippen LogP contribution in [0.2, 0.25) is 0 Å². The standard InChI is InChI=1S/C28H34N2O5/c1-4-14-30-15-13-27(23-6-5-7-25(17-23)33-3)18-24(10-12-28(27,20-30)35-21(2)31)29-26(32)9-8-22-11-16-34-19-22/h4-9,11,16-17,19,24H,1,10,12-15,18,20H2,2-3H3,(H,29,32)/t24-,27-,28-/m0/s1. The highest BCUT2D eigenvalue weighted by molar-refractivity contribution is 5.91. The summed E-state index contributed by atoms with van der Waals surface area (Å²) in [6.45, 7) is 7.57. The van der Waals surface area contributed by atoms with E-state index >= 15 is 0 Å². The third-order valence-electron chi connectivity index (χ3n) is 7.36. The number of carbonyl (C=O) groups excluding carboxylic acids is 2. The molecule has 0 unspecified atom stereocenters. The number of carbonyl (C=O) groups is 2. The molecule has 7 heteroatoms. The van der Waals surface area contributed by atoms with E-state index in [4.69, 9.17) is 13.9 Å². The minimum atomic E-state index is -0.708. The monoisotopic (exact) mass is 478 g/mol. The van der Waals surface area contributed by atoms with Crippen LogP contribution in [-0.4, -0.2) is 55.2 Å². The first-order valence-corrected chi connectivity index (χ1v) is 12.1. The normalized spacial score (nSPS) is 26.6. The Kier molecular flexibility index (Phi) is 7.45. The molecule has 1 saturated heterocycles. The first-order valence-electron chi connectivity index (χ1n) is 12.1. The number of fused-ring (bicyclic) bond motifs is 1. The van der Waals surface area contributed by atoms with Crippen molar-refractivity contribution in [2.45, 2.75) is 49.7 Å². The number of likely N-dealkylation sites (tertiary alicyclic amines) is 1. The Hall–Kier alpha value is -3.32. The zero-order valence-electron chi connectivity index (χ0n) is 20.5. The van der Waals surface area contributed by atoms with Crippen LogP contribution >= 0.6 is 0 Å². The van der Waals surface area contributed by atoms with E-state index in [1.54, 1.807) is 31.8 Å². The molecular formula is C28H34N2O5. The lowest BCUT2D eigenvalue weighted by Crippen LogP contribution is -2.68. The van der Waals surface area contributed by atoms with Crippen LogP contribution in [0.1, 0.15) is 43.7 Å². The first kappa shape index (κ1) is 24.8. The summed E-state index contributed by atoms with van der Waals surface area (Å²) in [7, 11) is 1.65. The number of rotatable bonds is 8. The molecule has 1 aromatic carbocycles. The van der Waals surface area contributed by atoms with Crippen LogP contribution in [0.4, 0.5) is 0 Å². The molecule has 4 rings (SSSR count). The summed E-state index contributed by atoms with van der Waals surface area (Å²) in [5.74, 6) is 0.320. The Morgan fingerprint density at radius 3 is 2.89 bits per heavy atom. The highest BCUT2D eigenvalue weighted by atomic mass is 16.6. The summed E-state index contributed by atoms with van der Waals surface area (Å²) in [4.78, 5) is 27.4. The van der Waals surface area contributed by atoms with Gasteiger partial charge in [0.2, 0.25) is 5.91 Å². The first-order chi connectivity index (χ1) is 16.9. The molecule has 1 aliphatic carbocycles. The van der Waals surface area contributed by atoms with E-state index in [-0.39, 0.29) is 17.9 Å². The highest BCUT2D eigenvalue weighted by Crippen LogP contribution is 2.54. The number of amides is 1. The van der Waals surface area contributed by atoms with E-state index in [0.29, 0.717) is 25.8 Å². The number of furan rings is 1. The fourth-order valence-corrected chi connectivity index (χ4v) is 5.86. The van der Waals surface area contributed by atoms with Crippen LogP contribution < -0.4 is 10.1 Å². The van der Waals surface area contributed by atoms with Crippen molar-refractivity contribution in [3.05, 3.63) is 72.7 Å². The Labute approximate surface area is 206 Å². The van der Waals surface area contributed by atoms with Crippen LogP contribution in [0.5, 0.6) is 5.75 Å². The fraction of sp³-hybridized carbons (Fsp3) is 0.429. The quantitative estimate of drug-likeness (QED) is 0.350. The van der Waals surface area contributed by atoms with Crippen LogP contribution in [0, 0.1) is 0 Å². The fourth-order valence-electron chi connectivity index (χ4n) is 5.86. The van der Waals surface area contributed by atoms with Crippen molar-refractivity contribution in [3.63, 3.8) is 0 Å². The van der Waals surface area contributed by atoms with Crippen molar-refractivity contribution in [1.29, 1.82) is 0 Å². The number of hydrogen-bond donors (Lipinski definition) is 1. The van der Waals surface area contributed by atoms with Gasteiger partial charge < -0.3 is 19.2 Å². The lowest BCUT2D eigenvalue weighted by atomic mass is 9.55. The van der Waals surface area contributed by atoms with Gasteiger partial charge >= 0.3 is 5.97 Å². The summed E-state index contributed by atoms with van der Waals surface area (Å²) in [6, 6.07) is 9.78. The van der Waals surface area contributed by atoms with Gasteiger partial charge in [-0.1, -0.05) is 18.2 Å². The smallest absolute Gasteiger partial charge is 0.303 e. The molecule has 2 heterocycles. The number of esters is 1. The van der Waals surface area contributed by atoms with Gasteiger partial charge in [0.25, 0.3) is 0 Å². The molecule has 3 atom stereocenters. The molecule has 1 aromatic heterocycles. The van der Waals surface area contributed by atoms with Crippen LogP contribution in [0.15, 0.2) is 66.0 Å². The van der Waals surface area contributed by atoms with Gasteiger partial charge in [0.05, 0.1) is 19.6 Å². The lowest BCUT2D eigenvalue weighted by molar-refractivity contribution is -0.186. The molecule has 0 bridgehead atoms. The Balaban J connectivity index is 1.67. The summed E-state index contributed by atoms with van der Waals surface area (Å²) in [6.07, 6.45) is 11.1. The number of benzene rings is 1. The molecule has 1 saturated carbocycles. The summed E-state index contributed by atoms with van der Waals surface area (Å²) >= 11 is 0. The summed E-state index contributed by atoms with van der Waals surface area (Å²) < 4.78 is 16.8. The van der Waals surface area contributed by atoms with Crippen molar-refractivity contribution in [1.82, 2.24) is 10.2 Å². The minimum Gasteiger partial charge on any atom is -0.497 e. The second-order valence-electron chi connectivity index (χ2n) is 9.51. The largest absolute Gasteiger partial charge is 0.497 e. The molecule has 2 fully saturated rings. The molecule has 186 valence electrons. The van der Waals surface area contributed by atoms with Crippen molar-refractivity contribution >= 4 is 18.0 Å². The van der Waals surface area contributed by atoms with E-state index in [2.05, 4.69) is 22.9 Å². The molecule has 0 spiro atoms. The highest BCUT2D eigenvalue weighted by Gasteiger charge is 2.60. The zero-order valence-corrected chi connectivity index (χ0v) is 20.5. The summed E-state index contributed by atoms with van der Waals surface area (Å²) in [5, 5.41) is 3.19. The van der Waals surface area contributed by atoms with Gasteiger partial charge in [-0.05, 0) is 62.1 Å². The maximum atomic E-state index is 12.7. The van der Waals surface area contributed by atoms with Crippen molar-refractivity contribution in [3.8, 4) is 5.75 Å². The van der Waals surface area contributed by atoms with Crippen molar-refractivity contribution in [2.75, 3.05) is 26.7 Å². The second kappa shape index (κ2) is 10.5. The van der Waals surface area contributed by atoms with Gasteiger partial charge in [0.1, 0.15) is 11.4 Å². The van der Waals surface area contributed by atoms with E-state index < -0.39 is 11.0 Å². The number of nitrogens with one attached hydrogen (secondary N) is 1. The molecule has 35 heavy (non-hydrogen) atoms. The third kappa shape index (κ3) is 5.20. The number of nitrogens with zero attached hydrogens (tertiary/aromatic N) is 1.